The number of hydrogen-bond donors (Lipinski definition) is 0. The van der Waals surface area contributed by atoms with Crippen molar-refractivity contribution in [2.45, 2.75) is 26.3 Å². The highest BCUT2D eigenvalue weighted by Crippen LogP contribution is 2.17. The van der Waals surface area contributed by atoms with Gasteiger partial charge in [-0.05, 0) is 0 Å². The van der Waals surface area contributed by atoms with E-state index < -0.39 is 0 Å². The van der Waals surface area contributed by atoms with Gasteiger partial charge in [0, 0.05) is 58.3 Å². The lowest BCUT2D eigenvalue weighted by atomic mass is 10.3. The summed E-state index contributed by atoms with van der Waals surface area (Å²) in [6.07, 6.45) is 8.68. The molecular weight excluding hydrogens is 294 g/mol. The van der Waals surface area contributed by atoms with Crippen LogP contribution in [0.1, 0.15) is 18.6 Å². The molecule has 3 rings (SSSR count). The number of imidazole rings is 1. The van der Waals surface area contributed by atoms with Crippen LogP contribution in [0.4, 0.5) is 5.95 Å². The van der Waals surface area contributed by atoms with Gasteiger partial charge in [0.05, 0.1) is 5.56 Å². The summed E-state index contributed by atoms with van der Waals surface area (Å²) in [5.74, 6) is 2.87. The van der Waals surface area contributed by atoms with E-state index in [1.54, 1.807) is 18.6 Å². The third kappa shape index (κ3) is 3.36. The largest absolute Gasteiger partial charge is 0.347 e. The third-order valence-electron chi connectivity index (χ3n) is 3.40. The van der Waals surface area contributed by atoms with Crippen molar-refractivity contribution in [1.29, 1.82) is 0 Å². The summed E-state index contributed by atoms with van der Waals surface area (Å²) in [5, 5.41) is 3.91. The fourth-order valence-corrected chi connectivity index (χ4v) is 2.17. The molecule has 0 aliphatic heterocycles. The molecule has 0 fully saturated rings. The van der Waals surface area contributed by atoms with Crippen LogP contribution < -0.4 is 4.90 Å². The van der Waals surface area contributed by atoms with Crippen molar-refractivity contribution in [3.8, 4) is 11.4 Å². The minimum absolute atomic E-state index is 0.640. The molecule has 0 aromatic carbocycles. The maximum atomic E-state index is 5.22. The molecule has 3 heterocycles. The number of hydrogen-bond acceptors (Lipinski definition) is 7. The van der Waals surface area contributed by atoms with Gasteiger partial charge in [0.15, 0.2) is 5.82 Å². The number of aryl methyl sites for hydroxylation is 3. The average Bonchev–Trinajstić information content (AvgIpc) is 3.22. The number of rotatable bonds is 6. The molecule has 0 radical (unpaired) electrons. The van der Waals surface area contributed by atoms with E-state index in [9.17, 15) is 0 Å². The van der Waals surface area contributed by atoms with Gasteiger partial charge in [-0.25, -0.2) is 15.0 Å². The molecule has 0 aliphatic rings. The Morgan fingerprint density at radius 2 is 1.96 bits per heavy atom. The summed E-state index contributed by atoms with van der Waals surface area (Å²) in [5.41, 5.74) is 0.875. The molecule has 0 atom stereocenters. The second-order valence-electron chi connectivity index (χ2n) is 5.32. The normalized spacial score (nSPS) is 10.9. The molecule has 120 valence electrons. The molecule has 0 aliphatic carbocycles. The SMILES string of the molecule is CCc1noc(CCn2ccnc2-c2cnc(N(C)C)nc2)n1. The summed E-state index contributed by atoms with van der Waals surface area (Å²) in [6.45, 7) is 2.70. The van der Waals surface area contributed by atoms with Crippen LogP contribution in [-0.2, 0) is 19.4 Å². The molecule has 3 aromatic rings. The first kappa shape index (κ1) is 15.1. The van der Waals surface area contributed by atoms with Gasteiger partial charge < -0.3 is 14.0 Å². The van der Waals surface area contributed by atoms with Crippen LogP contribution in [0.25, 0.3) is 11.4 Å². The summed E-state index contributed by atoms with van der Waals surface area (Å²) in [4.78, 5) is 19.2. The third-order valence-corrected chi connectivity index (χ3v) is 3.40. The predicted octanol–water partition coefficient (Wildman–Crippen LogP) is 1.59. The molecule has 0 spiro atoms. The highest BCUT2D eigenvalue weighted by Gasteiger charge is 2.10. The highest BCUT2D eigenvalue weighted by atomic mass is 16.5. The predicted molar refractivity (Wildman–Crippen MR) is 85.0 cm³/mol. The highest BCUT2D eigenvalue weighted by molar-refractivity contribution is 5.53. The lowest BCUT2D eigenvalue weighted by Gasteiger charge is -2.10. The van der Waals surface area contributed by atoms with Crippen molar-refractivity contribution in [1.82, 2.24) is 29.7 Å². The van der Waals surface area contributed by atoms with Gasteiger partial charge in [0.25, 0.3) is 0 Å². The first-order chi connectivity index (χ1) is 11.2. The van der Waals surface area contributed by atoms with E-state index >= 15 is 0 Å². The number of nitrogens with zero attached hydrogens (tertiary/aromatic N) is 7. The van der Waals surface area contributed by atoms with Gasteiger partial charge in [0.1, 0.15) is 5.82 Å². The van der Waals surface area contributed by atoms with Crippen molar-refractivity contribution >= 4 is 5.95 Å². The Balaban J connectivity index is 1.73. The molecule has 3 aromatic heterocycles. The van der Waals surface area contributed by atoms with Gasteiger partial charge in [-0.1, -0.05) is 12.1 Å². The van der Waals surface area contributed by atoms with E-state index in [1.165, 1.54) is 0 Å². The van der Waals surface area contributed by atoms with E-state index in [0.29, 0.717) is 24.8 Å². The molecule has 23 heavy (non-hydrogen) atoms. The van der Waals surface area contributed by atoms with Crippen molar-refractivity contribution in [2.75, 3.05) is 19.0 Å². The van der Waals surface area contributed by atoms with Crippen LogP contribution in [0.15, 0.2) is 29.3 Å². The smallest absolute Gasteiger partial charge is 0.228 e. The lowest BCUT2D eigenvalue weighted by molar-refractivity contribution is 0.367. The fourth-order valence-electron chi connectivity index (χ4n) is 2.17. The minimum atomic E-state index is 0.640. The van der Waals surface area contributed by atoms with Crippen LogP contribution >= 0.6 is 0 Å². The standard InChI is InChI=1S/C15H19N7O/c1-4-12-19-13(23-20-12)5-7-22-8-6-16-14(22)11-9-17-15(18-10-11)21(2)3/h6,8-10H,4-5,7H2,1-3H3. The van der Waals surface area contributed by atoms with E-state index in [4.69, 9.17) is 4.52 Å². The lowest BCUT2D eigenvalue weighted by Crippen LogP contribution is -2.12. The molecule has 0 amide bonds. The Bertz CT molecular complexity index is 760. The van der Waals surface area contributed by atoms with Crippen LogP contribution in [-0.4, -0.2) is 43.8 Å². The van der Waals surface area contributed by atoms with E-state index in [0.717, 1.165) is 23.6 Å². The van der Waals surface area contributed by atoms with Crippen molar-refractivity contribution in [3.05, 3.63) is 36.5 Å². The molecule has 0 saturated heterocycles. The number of aromatic nitrogens is 6. The quantitative estimate of drug-likeness (QED) is 0.683. The molecular formula is C15H19N7O. The zero-order chi connectivity index (χ0) is 16.2. The van der Waals surface area contributed by atoms with Gasteiger partial charge in [-0.3, -0.25) is 0 Å². The molecule has 0 unspecified atom stereocenters. The Morgan fingerprint density at radius 3 is 2.61 bits per heavy atom. The Morgan fingerprint density at radius 1 is 1.17 bits per heavy atom. The Hall–Kier alpha value is -2.77. The Kier molecular flexibility index (Phi) is 4.31. The summed E-state index contributed by atoms with van der Waals surface area (Å²) in [7, 11) is 3.82. The van der Waals surface area contributed by atoms with Crippen molar-refractivity contribution < 1.29 is 4.52 Å². The van der Waals surface area contributed by atoms with Gasteiger partial charge in [0.2, 0.25) is 11.8 Å². The van der Waals surface area contributed by atoms with Crippen LogP contribution in [0.5, 0.6) is 0 Å². The van der Waals surface area contributed by atoms with Gasteiger partial charge in [-0.2, -0.15) is 4.98 Å². The first-order valence-corrected chi connectivity index (χ1v) is 7.49. The molecule has 8 nitrogen and oxygen atoms in total. The summed E-state index contributed by atoms with van der Waals surface area (Å²) in [6, 6.07) is 0. The molecule has 0 bridgehead atoms. The molecule has 8 heteroatoms. The topological polar surface area (TPSA) is 85.8 Å². The average molecular weight is 313 g/mol. The van der Waals surface area contributed by atoms with Gasteiger partial charge >= 0.3 is 0 Å². The first-order valence-electron chi connectivity index (χ1n) is 7.49. The minimum Gasteiger partial charge on any atom is -0.347 e. The van der Waals surface area contributed by atoms with E-state index in [-0.39, 0.29) is 0 Å². The monoisotopic (exact) mass is 313 g/mol. The second kappa shape index (κ2) is 6.55. The van der Waals surface area contributed by atoms with E-state index in [1.807, 2.05) is 36.7 Å². The van der Waals surface area contributed by atoms with Crippen LogP contribution in [0.3, 0.4) is 0 Å². The van der Waals surface area contributed by atoms with Gasteiger partial charge in [-0.15, -0.1) is 0 Å². The van der Waals surface area contributed by atoms with Crippen LogP contribution in [0.2, 0.25) is 0 Å². The van der Waals surface area contributed by atoms with Crippen molar-refractivity contribution in [2.24, 2.45) is 0 Å². The van der Waals surface area contributed by atoms with Crippen LogP contribution in [0, 0.1) is 0 Å². The Labute approximate surface area is 134 Å². The van der Waals surface area contributed by atoms with Crippen molar-refractivity contribution in [3.63, 3.8) is 0 Å². The maximum Gasteiger partial charge on any atom is 0.228 e. The van der Waals surface area contributed by atoms with E-state index in [2.05, 4.69) is 25.1 Å². The molecule has 0 saturated carbocycles. The second-order valence-corrected chi connectivity index (χ2v) is 5.32. The molecule has 0 N–H and O–H groups in total. The zero-order valence-corrected chi connectivity index (χ0v) is 13.5. The summed E-state index contributed by atoms with van der Waals surface area (Å²) < 4.78 is 7.25. The fraction of sp³-hybridized carbons (Fsp3) is 0.400. The summed E-state index contributed by atoms with van der Waals surface area (Å²) >= 11 is 0. The maximum absolute atomic E-state index is 5.22. The zero-order valence-electron chi connectivity index (χ0n) is 13.5. The number of anilines is 1.